The Hall–Kier alpha value is -1.29. The van der Waals surface area contributed by atoms with Crippen molar-refractivity contribution in [1.29, 1.82) is 0 Å². The predicted octanol–water partition coefficient (Wildman–Crippen LogP) is -0.0808. The molecule has 0 radical (unpaired) electrons. The molecule has 0 aliphatic rings. The van der Waals surface area contributed by atoms with Crippen molar-refractivity contribution in [2.45, 2.75) is 12.2 Å². The molecule has 0 aliphatic heterocycles. The van der Waals surface area contributed by atoms with Crippen molar-refractivity contribution in [2.24, 2.45) is 0 Å². The van der Waals surface area contributed by atoms with Gasteiger partial charge in [0.25, 0.3) is 10.1 Å². The fourth-order valence-electron chi connectivity index (χ4n) is 1.49. The van der Waals surface area contributed by atoms with Gasteiger partial charge in [-0.05, 0) is 23.6 Å². The van der Waals surface area contributed by atoms with Crippen molar-refractivity contribution >= 4 is 27.1 Å². The van der Waals surface area contributed by atoms with Gasteiger partial charge in [0.1, 0.15) is 5.25 Å². The third-order valence-corrected chi connectivity index (χ3v) is 4.06. The SMILES string of the molecule is Cc1ccc(C(C(=O)NCCS(=O)(=O)O)S(=O)[O-])cc1. The van der Waals surface area contributed by atoms with Gasteiger partial charge in [0.2, 0.25) is 5.91 Å². The smallest absolute Gasteiger partial charge is 0.266 e. The fourth-order valence-corrected chi connectivity index (χ4v) is 2.48. The molecule has 0 fully saturated rings. The third-order valence-electron chi connectivity index (χ3n) is 2.47. The summed E-state index contributed by atoms with van der Waals surface area (Å²) in [7, 11) is -4.20. The maximum Gasteiger partial charge on any atom is 0.266 e. The summed E-state index contributed by atoms with van der Waals surface area (Å²) >= 11 is -2.69. The van der Waals surface area contributed by atoms with Gasteiger partial charge >= 0.3 is 0 Å². The summed E-state index contributed by atoms with van der Waals surface area (Å²) in [4.78, 5) is 11.8. The van der Waals surface area contributed by atoms with Gasteiger partial charge in [-0.3, -0.25) is 13.6 Å². The van der Waals surface area contributed by atoms with Crippen LogP contribution in [0.25, 0.3) is 0 Å². The van der Waals surface area contributed by atoms with E-state index >= 15 is 0 Å². The Bertz CT molecular complexity index is 596. The second kappa shape index (κ2) is 6.93. The van der Waals surface area contributed by atoms with Crippen LogP contribution < -0.4 is 5.32 Å². The molecule has 0 bridgehead atoms. The highest BCUT2D eigenvalue weighted by molar-refractivity contribution is 7.85. The molecule has 0 spiro atoms. The van der Waals surface area contributed by atoms with Crippen molar-refractivity contribution in [3.05, 3.63) is 35.4 Å². The van der Waals surface area contributed by atoms with E-state index in [0.29, 0.717) is 0 Å². The van der Waals surface area contributed by atoms with Crippen LogP contribution in [0.2, 0.25) is 0 Å². The average Bonchev–Trinajstić information content (AvgIpc) is 2.30. The summed E-state index contributed by atoms with van der Waals surface area (Å²) in [6.07, 6.45) is 0. The van der Waals surface area contributed by atoms with Crippen molar-refractivity contribution in [1.82, 2.24) is 5.32 Å². The number of carbonyl (C=O) groups excluding carboxylic acids is 1. The van der Waals surface area contributed by atoms with Crippen molar-refractivity contribution in [3.63, 3.8) is 0 Å². The number of amides is 1. The molecule has 0 aromatic heterocycles. The lowest BCUT2D eigenvalue weighted by atomic mass is 10.1. The number of hydrogen-bond donors (Lipinski definition) is 2. The summed E-state index contributed by atoms with van der Waals surface area (Å²) in [6.45, 7) is 1.45. The monoisotopic (exact) mass is 320 g/mol. The normalized spacial score (nSPS) is 14.6. The zero-order valence-corrected chi connectivity index (χ0v) is 12.2. The first-order valence-electron chi connectivity index (χ1n) is 5.58. The standard InChI is InChI=1S/C11H15NO6S2/c1-8-2-4-9(5-3-8)10(19(14)15)11(13)12-6-7-20(16,17)18/h2-5,10H,6-7H2,1H3,(H,12,13)(H,14,15)(H,16,17,18)/p-1. The molecule has 1 rings (SSSR count). The molecule has 1 aromatic rings. The lowest BCUT2D eigenvalue weighted by molar-refractivity contribution is -0.120. The summed E-state index contributed by atoms with van der Waals surface area (Å²) in [6, 6.07) is 6.36. The molecule has 0 aliphatic carbocycles. The van der Waals surface area contributed by atoms with Crippen molar-refractivity contribution < 1.29 is 26.5 Å². The van der Waals surface area contributed by atoms with E-state index in [4.69, 9.17) is 4.55 Å². The quantitative estimate of drug-likeness (QED) is 0.558. The van der Waals surface area contributed by atoms with Gasteiger partial charge in [0.05, 0.1) is 5.75 Å². The molecule has 112 valence electrons. The Balaban J connectivity index is 2.79. The van der Waals surface area contributed by atoms with Gasteiger partial charge in [-0.1, -0.05) is 29.8 Å². The van der Waals surface area contributed by atoms with Gasteiger partial charge in [-0.2, -0.15) is 8.42 Å². The minimum Gasteiger partial charge on any atom is -0.771 e. The van der Waals surface area contributed by atoms with Gasteiger partial charge in [0, 0.05) is 6.54 Å². The Kier molecular flexibility index (Phi) is 5.81. The van der Waals surface area contributed by atoms with Crippen LogP contribution in [0, 0.1) is 6.92 Å². The highest BCUT2D eigenvalue weighted by Gasteiger charge is 2.21. The lowest BCUT2D eigenvalue weighted by Gasteiger charge is -2.19. The van der Waals surface area contributed by atoms with Crippen LogP contribution in [0.1, 0.15) is 16.4 Å². The van der Waals surface area contributed by atoms with Gasteiger partial charge < -0.3 is 9.87 Å². The summed E-state index contributed by atoms with van der Waals surface area (Å²) < 4.78 is 51.9. The van der Waals surface area contributed by atoms with Crippen LogP contribution in [-0.2, 0) is 26.0 Å². The number of aryl methyl sites for hydroxylation is 1. The van der Waals surface area contributed by atoms with E-state index in [0.717, 1.165) is 5.56 Å². The van der Waals surface area contributed by atoms with E-state index in [-0.39, 0.29) is 12.1 Å². The maximum absolute atomic E-state index is 11.8. The molecule has 1 amide bonds. The number of hydrogen-bond acceptors (Lipinski definition) is 5. The van der Waals surface area contributed by atoms with E-state index < -0.39 is 38.1 Å². The Morgan fingerprint density at radius 1 is 1.40 bits per heavy atom. The lowest BCUT2D eigenvalue weighted by Crippen LogP contribution is -2.34. The molecular formula is C11H14NO6S2-. The molecule has 9 heteroatoms. The zero-order chi connectivity index (χ0) is 15.3. The maximum atomic E-state index is 11.8. The van der Waals surface area contributed by atoms with Crippen LogP contribution in [0.3, 0.4) is 0 Å². The van der Waals surface area contributed by atoms with Crippen molar-refractivity contribution in [2.75, 3.05) is 12.3 Å². The molecule has 0 saturated carbocycles. The van der Waals surface area contributed by atoms with Crippen LogP contribution >= 0.6 is 0 Å². The molecule has 1 aromatic carbocycles. The van der Waals surface area contributed by atoms with Gasteiger partial charge in [-0.25, -0.2) is 0 Å². The molecule has 2 atom stereocenters. The fraction of sp³-hybridized carbons (Fsp3) is 0.364. The number of carbonyl (C=O) groups is 1. The average molecular weight is 320 g/mol. The molecule has 0 saturated heterocycles. The Labute approximate surface area is 119 Å². The molecule has 20 heavy (non-hydrogen) atoms. The number of rotatable bonds is 6. The van der Waals surface area contributed by atoms with Crippen LogP contribution in [-0.4, -0.2) is 39.9 Å². The Morgan fingerprint density at radius 3 is 2.40 bits per heavy atom. The molecule has 7 nitrogen and oxygen atoms in total. The molecular weight excluding hydrogens is 306 g/mol. The van der Waals surface area contributed by atoms with Crippen LogP contribution in [0.15, 0.2) is 24.3 Å². The molecule has 0 heterocycles. The highest BCUT2D eigenvalue weighted by Crippen LogP contribution is 2.19. The van der Waals surface area contributed by atoms with E-state index in [9.17, 15) is 22.0 Å². The van der Waals surface area contributed by atoms with E-state index in [1.54, 1.807) is 12.1 Å². The summed E-state index contributed by atoms with van der Waals surface area (Å²) in [5, 5.41) is 0.743. The largest absolute Gasteiger partial charge is 0.771 e. The van der Waals surface area contributed by atoms with Gasteiger partial charge in [-0.15, -0.1) is 0 Å². The van der Waals surface area contributed by atoms with Gasteiger partial charge in [0.15, 0.2) is 0 Å². The van der Waals surface area contributed by atoms with E-state index in [1.807, 2.05) is 6.92 Å². The molecule has 2 N–H and O–H groups in total. The molecule has 2 unspecified atom stereocenters. The number of benzene rings is 1. The topological polar surface area (TPSA) is 124 Å². The zero-order valence-electron chi connectivity index (χ0n) is 10.6. The van der Waals surface area contributed by atoms with Crippen LogP contribution in [0.4, 0.5) is 0 Å². The summed E-state index contributed by atoms with van der Waals surface area (Å²) in [5.41, 5.74) is 1.20. The van der Waals surface area contributed by atoms with Crippen LogP contribution in [0.5, 0.6) is 0 Å². The van der Waals surface area contributed by atoms with E-state index in [2.05, 4.69) is 5.32 Å². The third kappa shape index (κ3) is 5.37. The highest BCUT2D eigenvalue weighted by atomic mass is 32.2. The first-order valence-corrected chi connectivity index (χ1v) is 8.33. The predicted molar refractivity (Wildman–Crippen MR) is 72.3 cm³/mol. The second-order valence-electron chi connectivity index (χ2n) is 4.13. The minimum absolute atomic E-state index is 0.285. The Morgan fingerprint density at radius 2 is 1.95 bits per heavy atom. The van der Waals surface area contributed by atoms with Crippen molar-refractivity contribution in [3.8, 4) is 0 Å². The first-order chi connectivity index (χ1) is 9.20. The first kappa shape index (κ1) is 16.8. The number of nitrogens with one attached hydrogen (secondary N) is 1. The van der Waals surface area contributed by atoms with E-state index in [1.165, 1.54) is 12.1 Å². The minimum atomic E-state index is -4.20. The second-order valence-corrected chi connectivity index (χ2v) is 6.69. The summed E-state index contributed by atoms with van der Waals surface area (Å²) in [5.74, 6) is -1.52.